The molecular formula is C22H22N4O2. The summed E-state index contributed by atoms with van der Waals surface area (Å²) in [5.41, 5.74) is 1.44. The minimum Gasteiger partial charge on any atom is -0.336 e. The van der Waals surface area contributed by atoms with E-state index in [2.05, 4.69) is 10.4 Å². The van der Waals surface area contributed by atoms with E-state index in [0.29, 0.717) is 11.3 Å². The van der Waals surface area contributed by atoms with Gasteiger partial charge in [0.25, 0.3) is 5.56 Å². The fourth-order valence-corrected chi connectivity index (χ4v) is 4.53. The lowest BCUT2D eigenvalue weighted by atomic mass is 10.1. The number of nitrogens with zero attached hydrogens (tertiary/aromatic N) is 3. The van der Waals surface area contributed by atoms with Crippen LogP contribution < -0.4 is 10.9 Å². The van der Waals surface area contributed by atoms with Crippen LogP contribution in [0.5, 0.6) is 0 Å². The summed E-state index contributed by atoms with van der Waals surface area (Å²) in [7, 11) is 0. The zero-order valence-electron chi connectivity index (χ0n) is 15.5. The van der Waals surface area contributed by atoms with Gasteiger partial charge in [-0.1, -0.05) is 48.5 Å². The fraction of sp³-hybridized carbons (Fsp3) is 0.318. The third-order valence-electron chi connectivity index (χ3n) is 5.97. The molecule has 0 spiro atoms. The lowest BCUT2D eigenvalue weighted by Crippen LogP contribution is -2.42. The SMILES string of the molecule is O=C(Cn1nc(-c2ccccc2)c2ccccc2c1=O)N1CC[C@@H]2CNC[C@@H]21. The van der Waals surface area contributed by atoms with E-state index in [9.17, 15) is 9.59 Å². The van der Waals surface area contributed by atoms with Crippen molar-refractivity contribution >= 4 is 16.7 Å². The van der Waals surface area contributed by atoms with Gasteiger partial charge in [0, 0.05) is 36.6 Å². The van der Waals surface area contributed by atoms with Gasteiger partial charge in [0.2, 0.25) is 5.91 Å². The van der Waals surface area contributed by atoms with Crippen LogP contribution in [0.1, 0.15) is 6.42 Å². The Kier molecular flexibility index (Phi) is 4.20. The Balaban J connectivity index is 1.55. The van der Waals surface area contributed by atoms with E-state index in [1.54, 1.807) is 6.07 Å². The summed E-state index contributed by atoms with van der Waals surface area (Å²) in [6.45, 7) is 2.56. The molecular weight excluding hydrogens is 352 g/mol. The Morgan fingerprint density at radius 2 is 1.79 bits per heavy atom. The summed E-state index contributed by atoms with van der Waals surface area (Å²) in [4.78, 5) is 27.9. The Bertz CT molecular complexity index is 1090. The Hall–Kier alpha value is -2.99. The highest BCUT2D eigenvalue weighted by Gasteiger charge is 2.39. The summed E-state index contributed by atoms with van der Waals surface area (Å²) >= 11 is 0. The summed E-state index contributed by atoms with van der Waals surface area (Å²) in [5.74, 6) is 0.505. The predicted molar refractivity (Wildman–Crippen MR) is 108 cm³/mol. The van der Waals surface area contributed by atoms with Gasteiger partial charge in [-0.2, -0.15) is 5.10 Å². The van der Waals surface area contributed by atoms with Gasteiger partial charge in [0.1, 0.15) is 6.54 Å². The summed E-state index contributed by atoms with van der Waals surface area (Å²) in [5, 5.41) is 9.37. The fourth-order valence-electron chi connectivity index (χ4n) is 4.53. The molecule has 2 saturated heterocycles. The first-order chi connectivity index (χ1) is 13.7. The quantitative estimate of drug-likeness (QED) is 0.760. The highest BCUT2D eigenvalue weighted by molar-refractivity contribution is 5.93. The molecule has 2 aliphatic heterocycles. The first kappa shape index (κ1) is 17.1. The Labute approximate surface area is 162 Å². The molecule has 3 heterocycles. The molecule has 6 nitrogen and oxygen atoms in total. The van der Waals surface area contributed by atoms with Crippen LogP contribution in [0.25, 0.3) is 22.0 Å². The number of carbonyl (C=O) groups is 1. The van der Waals surface area contributed by atoms with Crippen molar-refractivity contribution in [1.29, 1.82) is 0 Å². The number of hydrogen-bond acceptors (Lipinski definition) is 4. The van der Waals surface area contributed by atoms with Crippen LogP contribution in [0, 0.1) is 5.92 Å². The van der Waals surface area contributed by atoms with Crippen LogP contribution in [0.3, 0.4) is 0 Å². The van der Waals surface area contributed by atoms with E-state index in [0.717, 1.165) is 42.7 Å². The second kappa shape index (κ2) is 6.87. The van der Waals surface area contributed by atoms with Gasteiger partial charge in [0.05, 0.1) is 11.1 Å². The first-order valence-electron chi connectivity index (χ1n) is 9.78. The number of fused-ring (bicyclic) bond motifs is 2. The molecule has 2 aromatic carbocycles. The highest BCUT2D eigenvalue weighted by Crippen LogP contribution is 2.28. The Morgan fingerprint density at radius 3 is 2.61 bits per heavy atom. The summed E-state index contributed by atoms with van der Waals surface area (Å²) in [6.07, 6.45) is 1.03. The van der Waals surface area contributed by atoms with Crippen molar-refractivity contribution in [3.63, 3.8) is 0 Å². The third kappa shape index (κ3) is 2.81. The average Bonchev–Trinajstić information content (AvgIpc) is 3.34. The minimum atomic E-state index is -0.219. The third-order valence-corrected chi connectivity index (χ3v) is 5.97. The van der Waals surface area contributed by atoms with Gasteiger partial charge < -0.3 is 10.2 Å². The van der Waals surface area contributed by atoms with Crippen LogP contribution in [0.4, 0.5) is 0 Å². The van der Waals surface area contributed by atoms with Crippen LogP contribution in [-0.4, -0.2) is 46.3 Å². The van der Waals surface area contributed by atoms with Crippen molar-refractivity contribution < 1.29 is 4.79 Å². The second-order valence-electron chi connectivity index (χ2n) is 7.58. The zero-order valence-corrected chi connectivity index (χ0v) is 15.5. The number of nitrogens with one attached hydrogen (secondary N) is 1. The normalized spacial score (nSPS) is 21.2. The summed E-state index contributed by atoms with van der Waals surface area (Å²) in [6, 6.07) is 17.5. The molecule has 0 unspecified atom stereocenters. The zero-order chi connectivity index (χ0) is 19.1. The largest absolute Gasteiger partial charge is 0.336 e. The molecule has 2 aliphatic rings. The molecule has 3 aromatic rings. The maximum absolute atomic E-state index is 13.0. The number of hydrogen-bond donors (Lipinski definition) is 1. The number of benzene rings is 2. The number of aromatic nitrogens is 2. The van der Waals surface area contributed by atoms with Crippen LogP contribution in [0.15, 0.2) is 59.4 Å². The van der Waals surface area contributed by atoms with E-state index in [1.807, 2.05) is 53.4 Å². The van der Waals surface area contributed by atoms with E-state index in [1.165, 1.54) is 4.68 Å². The molecule has 0 bridgehead atoms. The second-order valence-corrected chi connectivity index (χ2v) is 7.58. The van der Waals surface area contributed by atoms with Gasteiger partial charge in [0.15, 0.2) is 0 Å². The molecule has 142 valence electrons. The van der Waals surface area contributed by atoms with Crippen molar-refractivity contribution in [2.75, 3.05) is 19.6 Å². The molecule has 0 aliphatic carbocycles. The minimum absolute atomic E-state index is 0.0211. The smallest absolute Gasteiger partial charge is 0.275 e. The van der Waals surface area contributed by atoms with Crippen molar-refractivity contribution in [3.05, 3.63) is 65.0 Å². The van der Waals surface area contributed by atoms with Crippen molar-refractivity contribution in [1.82, 2.24) is 20.0 Å². The average molecular weight is 374 g/mol. The van der Waals surface area contributed by atoms with Crippen molar-refractivity contribution in [2.24, 2.45) is 5.92 Å². The van der Waals surface area contributed by atoms with Gasteiger partial charge in [-0.25, -0.2) is 4.68 Å². The van der Waals surface area contributed by atoms with E-state index < -0.39 is 0 Å². The van der Waals surface area contributed by atoms with E-state index in [-0.39, 0.29) is 24.1 Å². The van der Waals surface area contributed by atoms with E-state index in [4.69, 9.17) is 0 Å². The maximum atomic E-state index is 13.0. The molecule has 2 atom stereocenters. The number of carbonyl (C=O) groups excluding carboxylic acids is 1. The standard InChI is InChI=1S/C22H22N4O2/c27-20(25-11-10-16-12-23-13-19(16)25)14-26-22(28)18-9-5-4-8-17(18)21(24-26)15-6-2-1-3-7-15/h1-9,16,19,23H,10-14H2/t16-,19+/m1/s1. The topological polar surface area (TPSA) is 67.2 Å². The lowest BCUT2D eigenvalue weighted by Gasteiger charge is -2.23. The highest BCUT2D eigenvalue weighted by atomic mass is 16.2. The van der Waals surface area contributed by atoms with Crippen LogP contribution >= 0.6 is 0 Å². The molecule has 1 N–H and O–H groups in total. The monoisotopic (exact) mass is 374 g/mol. The number of likely N-dealkylation sites (tertiary alicyclic amines) is 1. The summed E-state index contributed by atoms with van der Waals surface area (Å²) < 4.78 is 1.34. The first-order valence-corrected chi connectivity index (χ1v) is 9.78. The number of amides is 1. The van der Waals surface area contributed by atoms with Crippen LogP contribution in [0.2, 0.25) is 0 Å². The Morgan fingerprint density at radius 1 is 1.04 bits per heavy atom. The molecule has 28 heavy (non-hydrogen) atoms. The molecule has 2 fully saturated rings. The molecule has 1 amide bonds. The molecule has 0 saturated carbocycles. The maximum Gasteiger partial charge on any atom is 0.275 e. The lowest BCUT2D eigenvalue weighted by molar-refractivity contribution is -0.132. The van der Waals surface area contributed by atoms with Gasteiger partial charge in [-0.15, -0.1) is 0 Å². The van der Waals surface area contributed by atoms with E-state index >= 15 is 0 Å². The molecule has 0 radical (unpaired) electrons. The van der Waals surface area contributed by atoms with Gasteiger partial charge in [-0.3, -0.25) is 9.59 Å². The van der Waals surface area contributed by atoms with Gasteiger partial charge >= 0.3 is 0 Å². The predicted octanol–water partition coefficient (Wildman–Crippen LogP) is 1.88. The van der Waals surface area contributed by atoms with Crippen molar-refractivity contribution in [3.8, 4) is 11.3 Å². The van der Waals surface area contributed by atoms with Crippen LogP contribution in [-0.2, 0) is 11.3 Å². The molecule has 1 aromatic heterocycles. The molecule has 6 heteroatoms. The molecule has 5 rings (SSSR count). The van der Waals surface area contributed by atoms with Crippen molar-refractivity contribution in [2.45, 2.75) is 19.0 Å². The number of rotatable bonds is 3. The van der Waals surface area contributed by atoms with Gasteiger partial charge in [-0.05, 0) is 18.4 Å².